The number of nitrogens with zero attached hydrogens (tertiary/aromatic N) is 1. The van der Waals surface area contributed by atoms with Gasteiger partial charge in [0.1, 0.15) is 10.4 Å². The Bertz CT molecular complexity index is 1550. The first-order valence-electron chi connectivity index (χ1n) is 13.3. The molecular weight excluding hydrogens is 532 g/mol. The molecule has 1 amide bonds. The molecule has 0 saturated heterocycles. The minimum atomic E-state index is -4.14. The number of sulfonamides is 1. The van der Waals surface area contributed by atoms with Crippen molar-refractivity contribution in [2.75, 3.05) is 0 Å². The largest absolute Gasteiger partial charge is 0.361 e. The smallest absolute Gasteiger partial charge is 0.243 e. The number of rotatable bonds is 9. The molecule has 2 aromatic carbocycles. The van der Waals surface area contributed by atoms with Crippen LogP contribution in [0.4, 0.5) is 0 Å². The Morgan fingerprint density at radius 1 is 1.05 bits per heavy atom. The van der Waals surface area contributed by atoms with Crippen molar-refractivity contribution in [3.8, 4) is 0 Å². The Balaban J connectivity index is 1.52. The van der Waals surface area contributed by atoms with Gasteiger partial charge < -0.3 is 10.3 Å². The molecule has 0 radical (unpaired) electrons. The van der Waals surface area contributed by atoms with Crippen molar-refractivity contribution >= 4 is 38.4 Å². The second kappa shape index (κ2) is 11.5. The van der Waals surface area contributed by atoms with Gasteiger partial charge in [-0.25, -0.2) is 8.42 Å². The monoisotopic (exact) mass is 564 g/mol. The molecule has 2 aromatic heterocycles. The molecule has 9 heteroatoms. The quantitative estimate of drug-likeness (QED) is 0.234. The van der Waals surface area contributed by atoms with Gasteiger partial charge >= 0.3 is 0 Å². The van der Waals surface area contributed by atoms with Crippen LogP contribution >= 0.6 is 11.6 Å². The van der Waals surface area contributed by atoms with Crippen molar-refractivity contribution in [3.05, 3.63) is 95.4 Å². The number of aromatic amines is 1. The highest BCUT2D eigenvalue weighted by Gasteiger charge is 2.41. The van der Waals surface area contributed by atoms with Gasteiger partial charge in [-0.2, -0.15) is 4.72 Å². The van der Waals surface area contributed by atoms with E-state index in [1.54, 1.807) is 25.3 Å². The number of halogens is 1. The van der Waals surface area contributed by atoms with E-state index in [-0.39, 0.29) is 28.3 Å². The summed E-state index contributed by atoms with van der Waals surface area (Å²) in [6.45, 7) is 1.63. The third-order valence-electron chi connectivity index (χ3n) is 7.62. The number of carbonyl (C=O) groups excluding carboxylic acids is 1. The van der Waals surface area contributed by atoms with E-state index >= 15 is 0 Å². The number of hydrogen-bond donors (Lipinski definition) is 3. The molecule has 1 aliphatic rings. The van der Waals surface area contributed by atoms with Crippen molar-refractivity contribution in [3.63, 3.8) is 0 Å². The lowest BCUT2D eigenvalue weighted by Gasteiger charge is -2.35. The second-order valence-corrected chi connectivity index (χ2v) is 12.6. The summed E-state index contributed by atoms with van der Waals surface area (Å²) < 4.78 is 30.0. The van der Waals surface area contributed by atoms with Gasteiger partial charge in [0.25, 0.3) is 0 Å². The second-order valence-electron chi connectivity index (χ2n) is 10.5. The minimum absolute atomic E-state index is 0.0711. The summed E-state index contributed by atoms with van der Waals surface area (Å²) in [4.78, 5) is 22.0. The first kappa shape index (κ1) is 27.4. The Morgan fingerprint density at radius 3 is 2.51 bits per heavy atom. The van der Waals surface area contributed by atoms with Crippen LogP contribution in [0.2, 0.25) is 5.02 Å². The number of fused-ring (bicyclic) bond motifs is 1. The van der Waals surface area contributed by atoms with Crippen LogP contribution in [-0.2, 0) is 21.2 Å². The highest BCUT2D eigenvalue weighted by atomic mass is 35.5. The van der Waals surface area contributed by atoms with Gasteiger partial charge in [-0.05, 0) is 61.6 Å². The zero-order valence-electron chi connectivity index (χ0n) is 21.9. The summed E-state index contributed by atoms with van der Waals surface area (Å²) in [6.07, 6.45) is 9.00. The molecule has 1 fully saturated rings. The first-order valence-corrected chi connectivity index (χ1v) is 15.2. The molecule has 2 atom stereocenters. The predicted molar refractivity (Wildman–Crippen MR) is 154 cm³/mol. The van der Waals surface area contributed by atoms with Crippen LogP contribution < -0.4 is 10.0 Å². The molecule has 0 aliphatic heterocycles. The molecule has 2 unspecified atom stereocenters. The maximum absolute atomic E-state index is 14.2. The first-order chi connectivity index (χ1) is 18.8. The normalized spacial score (nSPS) is 17.0. The van der Waals surface area contributed by atoms with E-state index in [1.807, 2.05) is 48.7 Å². The number of amides is 1. The number of aromatic nitrogens is 2. The van der Waals surface area contributed by atoms with Crippen molar-refractivity contribution in [1.29, 1.82) is 0 Å². The van der Waals surface area contributed by atoms with Crippen molar-refractivity contribution in [2.45, 2.75) is 61.9 Å². The summed E-state index contributed by atoms with van der Waals surface area (Å²) in [5.74, 6) is -0.195. The van der Waals surface area contributed by atoms with Crippen LogP contribution in [0.1, 0.15) is 56.3 Å². The van der Waals surface area contributed by atoms with Crippen LogP contribution in [0.25, 0.3) is 10.9 Å². The van der Waals surface area contributed by atoms with E-state index in [4.69, 9.17) is 11.6 Å². The van der Waals surface area contributed by atoms with Gasteiger partial charge in [0.05, 0.1) is 16.8 Å². The average Bonchev–Trinajstić information content (AvgIpc) is 3.34. The summed E-state index contributed by atoms with van der Waals surface area (Å²) in [5.41, 5.74) is 1.00. The highest BCUT2D eigenvalue weighted by Crippen LogP contribution is 2.35. The lowest BCUT2D eigenvalue weighted by Crippen LogP contribution is -2.59. The summed E-state index contributed by atoms with van der Waals surface area (Å²) in [5, 5.41) is 4.24. The molecule has 0 spiro atoms. The Labute approximate surface area is 234 Å². The summed E-state index contributed by atoms with van der Waals surface area (Å²) >= 11 is 6.27. The van der Waals surface area contributed by atoms with Gasteiger partial charge in [0.2, 0.25) is 15.9 Å². The van der Waals surface area contributed by atoms with Crippen LogP contribution in [0.3, 0.4) is 0 Å². The topological polar surface area (TPSA) is 104 Å². The molecule has 204 valence electrons. The number of carbonyl (C=O) groups is 1. The van der Waals surface area contributed by atoms with E-state index in [9.17, 15) is 13.2 Å². The van der Waals surface area contributed by atoms with E-state index in [0.29, 0.717) is 0 Å². The summed E-state index contributed by atoms with van der Waals surface area (Å²) in [6, 6.07) is 19.3. The average molecular weight is 565 g/mol. The molecule has 1 aliphatic carbocycles. The third-order valence-corrected chi connectivity index (χ3v) is 9.72. The highest BCUT2D eigenvalue weighted by molar-refractivity contribution is 7.89. The summed E-state index contributed by atoms with van der Waals surface area (Å²) in [7, 11) is -4.14. The van der Waals surface area contributed by atoms with Crippen LogP contribution in [0.15, 0.2) is 84.0 Å². The number of nitrogens with one attached hydrogen (secondary N) is 3. The molecule has 39 heavy (non-hydrogen) atoms. The predicted octanol–water partition coefficient (Wildman–Crippen LogP) is 5.93. The molecule has 3 N–H and O–H groups in total. The molecular formula is C30H33ClN4O3S. The zero-order valence-corrected chi connectivity index (χ0v) is 23.4. The molecule has 4 aromatic rings. The fraction of sp³-hybridized carbons (Fsp3) is 0.333. The number of pyridine rings is 1. The van der Waals surface area contributed by atoms with Gasteiger partial charge in [0, 0.05) is 29.7 Å². The molecule has 0 bridgehead atoms. The standard InChI is InChI=1S/C30H33ClN4O3S/c1-30(19-22-20-33-25-15-7-5-13-23(22)25,35-39(37,38)27-17-8-6-14-24(27)31)29(36)34-28(21-11-3-2-4-12-21)26-16-9-10-18-32-26/h5-10,13-18,20-21,28,33,35H,2-4,11-12,19H2,1H3,(H,34,36). The molecule has 7 nitrogen and oxygen atoms in total. The van der Waals surface area contributed by atoms with E-state index < -0.39 is 21.5 Å². The van der Waals surface area contributed by atoms with Gasteiger partial charge in [-0.15, -0.1) is 0 Å². The maximum atomic E-state index is 14.2. The van der Waals surface area contributed by atoms with E-state index in [2.05, 4.69) is 20.0 Å². The fourth-order valence-electron chi connectivity index (χ4n) is 5.60. The minimum Gasteiger partial charge on any atom is -0.361 e. The molecule has 5 rings (SSSR count). The third kappa shape index (κ3) is 6.03. The van der Waals surface area contributed by atoms with Crippen LogP contribution in [-0.4, -0.2) is 29.8 Å². The Morgan fingerprint density at radius 2 is 1.77 bits per heavy atom. The van der Waals surface area contributed by atoms with Crippen LogP contribution in [0.5, 0.6) is 0 Å². The fourth-order valence-corrected chi connectivity index (χ4v) is 7.49. The van der Waals surface area contributed by atoms with Gasteiger partial charge in [0.15, 0.2) is 0 Å². The van der Waals surface area contributed by atoms with E-state index in [0.717, 1.165) is 47.8 Å². The number of para-hydroxylation sites is 1. The van der Waals surface area contributed by atoms with Gasteiger partial charge in [-0.1, -0.05) is 67.3 Å². The van der Waals surface area contributed by atoms with Crippen molar-refractivity contribution in [2.24, 2.45) is 5.92 Å². The van der Waals surface area contributed by atoms with E-state index in [1.165, 1.54) is 18.6 Å². The number of H-pyrrole nitrogens is 1. The Kier molecular flexibility index (Phi) is 8.07. The number of hydrogen-bond acceptors (Lipinski definition) is 4. The molecule has 2 heterocycles. The number of benzene rings is 2. The lowest BCUT2D eigenvalue weighted by molar-refractivity contribution is -0.127. The van der Waals surface area contributed by atoms with Crippen molar-refractivity contribution < 1.29 is 13.2 Å². The Hall–Kier alpha value is -3.20. The molecule has 1 saturated carbocycles. The lowest BCUT2D eigenvalue weighted by atomic mass is 9.82. The maximum Gasteiger partial charge on any atom is 0.243 e. The van der Waals surface area contributed by atoms with Crippen LogP contribution in [0, 0.1) is 5.92 Å². The SMILES string of the molecule is CC(Cc1c[nH]c2ccccc12)(NS(=O)(=O)c1ccccc1Cl)C(=O)NC(c1ccccn1)C1CCCCC1. The van der Waals surface area contributed by atoms with Crippen molar-refractivity contribution in [1.82, 2.24) is 20.0 Å². The van der Waals surface area contributed by atoms with Gasteiger partial charge in [-0.3, -0.25) is 9.78 Å². The zero-order chi connectivity index (χ0) is 27.5.